The van der Waals surface area contributed by atoms with E-state index in [9.17, 15) is 0 Å². The first-order valence-corrected chi connectivity index (χ1v) is 6.23. The molecule has 1 aliphatic heterocycles. The molecule has 3 nitrogen and oxygen atoms in total. The zero-order valence-corrected chi connectivity index (χ0v) is 9.81. The van der Waals surface area contributed by atoms with Gasteiger partial charge in [0.15, 0.2) is 9.76 Å². The fraction of sp³-hybridized carbons (Fsp3) is 1.00. The maximum absolute atomic E-state index is 5.76. The van der Waals surface area contributed by atoms with Crippen LogP contribution in [-0.4, -0.2) is 46.2 Å². The standard InChI is InChI=1S/C8H20N2OSi/c1-8(2,3)11-12-7-10-5-4-9-6-10/h9H,4-7,12H2,1-3H3. The summed E-state index contributed by atoms with van der Waals surface area (Å²) in [5.41, 5.74) is 0.0688. The van der Waals surface area contributed by atoms with Gasteiger partial charge in [0.25, 0.3) is 0 Å². The van der Waals surface area contributed by atoms with Crippen LogP contribution in [0, 0.1) is 0 Å². The van der Waals surface area contributed by atoms with Crippen LogP contribution in [-0.2, 0) is 4.43 Å². The van der Waals surface area contributed by atoms with E-state index in [0.29, 0.717) is 0 Å². The van der Waals surface area contributed by atoms with Crippen LogP contribution in [0.2, 0.25) is 0 Å². The molecule has 0 atom stereocenters. The normalized spacial score (nSPS) is 21.2. The summed E-state index contributed by atoms with van der Waals surface area (Å²) in [5.74, 6) is 0. The average molecular weight is 188 g/mol. The van der Waals surface area contributed by atoms with Crippen molar-refractivity contribution in [1.29, 1.82) is 0 Å². The van der Waals surface area contributed by atoms with Gasteiger partial charge in [-0.25, -0.2) is 0 Å². The molecule has 0 bridgehead atoms. The van der Waals surface area contributed by atoms with Gasteiger partial charge in [0.2, 0.25) is 0 Å². The lowest BCUT2D eigenvalue weighted by Crippen LogP contribution is -2.32. The Kier molecular flexibility index (Phi) is 3.70. The van der Waals surface area contributed by atoms with Gasteiger partial charge in [-0.2, -0.15) is 0 Å². The fourth-order valence-corrected chi connectivity index (χ4v) is 2.57. The molecule has 0 aromatic heterocycles. The van der Waals surface area contributed by atoms with Crippen LogP contribution in [0.3, 0.4) is 0 Å². The Balaban J connectivity index is 2.02. The second kappa shape index (κ2) is 4.37. The van der Waals surface area contributed by atoms with Crippen LogP contribution in [0.15, 0.2) is 0 Å². The summed E-state index contributed by atoms with van der Waals surface area (Å²) >= 11 is 0. The van der Waals surface area contributed by atoms with Crippen molar-refractivity contribution in [3.63, 3.8) is 0 Å². The lowest BCUT2D eigenvalue weighted by molar-refractivity contribution is 0.133. The number of hydrogen-bond donors (Lipinski definition) is 1. The molecule has 1 fully saturated rings. The van der Waals surface area contributed by atoms with Crippen molar-refractivity contribution in [1.82, 2.24) is 10.2 Å². The maximum atomic E-state index is 5.76. The topological polar surface area (TPSA) is 24.5 Å². The molecule has 1 N–H and O–H groups in total. The third-order valence-electron chi connectivity index (χ3n) is 1.88. The van der Waals surface area contributed by atoms with Crippen molar-refractivity contribution in [2.45, 2.75) is 26.4 Å². The van der Waals surface area contributed by atoms with Gasteiger partial charge in [-0.15, -0.1) is 0 Å². The quantitative estimate of drug-likeness (QED) is 0.616. The van der Waals surface area contributed by atoms with E-state index < -0.39 is 0 Å². The van der Waals surface area contributed by atoms with Crippen molar-refractivity contribution in [3.05, 3.63) is 0 Å². The van der Waals surface area contributed by atoms with Crippen LogP contribution >= 0.6 is 0 Å². The average Bonchev–Trinajstić information content (AvgIpc) is 2.36. The van der Waals surface area contributed by atoms with E-state index in [1.54, 1.807) is 0 Å². The van der Waals surface area contributed by atoms with Crippen LogP contribution in [0.5, 0.6) is 0 Å². The highest BCUT2D eigenvalue weighted by Crippen LogP contribution is 2.05. The van der Waals surface area contributed by atoms with E-state index in [1.807, 2.05) is 0 Å². The van der Waals surface area contributed by atoms with Gasteiger partial charge in [-0.05, 0) is 20.8 Å². The van der Waals surface area contributed by atoms with Gasteiger partial charge < -0.3 is 9.74 Å². The van der Waals surface area contributed by atoms with Crippen LogP contribution < -0.4 is 5.32 Å². The Bertz CT molecular complexity index is 130. The summed E-state index contributed by atoms with van der Waals surface area (Å²) in [6.45, 7) is 9.78. The summed E-state index contributed by atoms with van der Waals surface area (Å²) in [7, 11) is -0.336. The van der Waals surface area contributed by atoms with E-state index in [2.05, 4.69) is 31.0 Å². The Morgan fingerprint density at radius 3 is 2.75 bits per heavy atom. The lowest BCUT2D eigenvalue weighted by Gasteiger charge is -2.22. The van der Waals surface area contributed by atoms with Crippen LogP contribution in [0.4, 0.5) is 0 Å². The van der Waals surface area contributed by atoms with Gasteiger partial charge in [0, 0.05) is 31.5 Å². The lowest BCUT2D eigenvalue weighted by atomic mass is 10.2. The van der Waals surface area contributed by atoms with Gasteiger partial charge in [-0.1, -0.05) is 0 Å². The van der Waals surface area contributed by atoms with E-state index >= 15 is 0 Å². The second-order valence-corrected chi connectivity index (χ2v) is 5.38. The summed E-state index contributed by atoms with van der Waals surface area (Å²) in [4.78, 5) is 2.43. The SMILES string of the molecule is CC(C)(C)O[SiH2]CN1CCNC1. The molecule has 0 amide bonds. The van der Waals surface area contributed by atoms with Gasteiger partial charge in [0.1, 0.15) is 0 Å². The molecule has 0 saturated carbocycles. The predicted molar refractivity (Wildman–Crippen MR) is 53.8 cm³/mol. The monoisotopic (exact) mass is 188 g/mol. The highest BCUT2D eigenvalue weighted by molar-refractivity contribution is 6.27. The third kappa shape index (κ3) is 4.20. The molecule has 72 valence electrons. The van der Waals surface area contributed by atoms with Crippen molar-refractivity contribution in [3.8, 4) is 0 Å². The fourth-order valence-electron chi connectivity index (χ4n) is 1.23. The summed E-state index contributed by atoms with van der Waals surface area (Å²) in [6.07, 6.45) is 1.18. The van der Waals surface area contributed by atoms with Crippen molar-refractivity contribution >= 4 is 9.76 Å². The zero-order chi connectivity index (χ0) is 9.03. The Morgan fingerprint density at radius 1 is 1.50 bits per heavy atom. The smallest absolute Gasteiger partial charge is 0.176 e. The number of rotatable bonds is 3. The summed E-state index contributed by atoms with van der Waals surface area (Å²) in [6, 6.07) is 0. The van der Waals surface area contributed by atoms with Gasteiger partial charge in [0.05, 0.1) is 0 Å². The van der Waals surface area contributed by atoms with E-state index in [0.717, 1.165) is 13.2 Å². The first-order valence-electron chi connectivity index (χ1n) is 4.65. The van der Waals surface area contributed by atoms with Crippen LogP contribution in [0.1, 0.15) is 20.8 Å². The molecule has 1 rings (SSSR count). The Labute approximate surface area is 77.4 Å². The number of hydrogen-bond acceptors (Lipinski definition) is 3. The minimum Gasteiger partial charge on any atom is -0.418 e. The summed E-state index contributed by atoms with van der Waals surface area (Å²) < 4.78 is 5.76. The van der Waals surface area contributed by atoms with Gasteiger partial charge in [-0.3, -0.25) is 4.90 Å². The molecule has 0 unspecified atom stereocenters. The second-order valence-electron chi connectivity index (χ2n) is 4.24. The molecular formula is C8H20N2OSi. The highest BCUT2D eigenvalue weighted by Gasteiger charge is 2.13. The molecule has 0 radical (unpaired) electrons. The Morgan fingerprint density at radius 2 is 2.25 bits per heavy atom. The molecule has 1 heterocycles. The molecule has 0 aliphatic carbocycles. The van der Waals surface area contributed by atoms with E-state index in [-0.39, 0.29) is 15.4 Å². The molecule has 0 aromatic rings. The van der Waals surface area contributed by atoms with Crippen molar-refractivity contribution in [2.24, 2.45) is 0 Å². The molecule has 0 spiro atoms. The minimum atomic E-state index is -0.336. The van der Waals surface area contributed by atoms with Crippen LogP contribution in [0.25, 0.3) is 0 Å². The van der Waals surface area contributed by atoms with E-state index in [1.165, 1.54) is 12.7 Å². The molecule has 0 aromatic carbocycles. The van der Waals surface area contributed by atoms with Crippen molar-refractivity contribution < 1.29 is 4.43 Å². The largest absolute Gasteiger partial charge is 0.418 e. The minimum absolute atomic E-state index is 0.0688. The zero-order valence-electron chi connectivity index (χ0n) is 8.39. The number of nitrogens with zero attached hydrogens (tertiary/aromatic N) is 1. The maximum Gasteiger partial charge on any atom is 0.176 e. The first kappa shape index (κ1) is 10.2. The summed E-state index contributed by atoms with van der Waals surface area (Å²) in [5, 5.41) is 3.31. The molecular weight excluding hydrogens is 168 g/mol. The third-order valence-corrected chi connectivity index (χ3v) is 3.77. The molecule has 1 aliphatic rings. The predicted octanol–water partition coefficient (Wildman–Crippen LogP) is -0.294. The molecule has 4 heteroatoms. The Hall–Kier alpha value is 0.0969. The first-order chi connectivity index (χ1) is 5.58. The highest BCUT2D eigenvalue weighted by atomic mass is 28.2. The molecule has 12 heavy (non-hydrogen) atoms. The molecule has 1 saturated heterocycles. The number of nitrogens with one attached hydrogen (secondary N) is 1. The van der Waals surface area contributed by atoms with Gasteiger partial charge >= 0.3 is 0 Å². The van der Waals surface area contributed by atoms with Crippen molar-refractivity contribution in [2.75, 3.05) is 25.9 Å². The van der Waals surface area contributed by atoms with E-state index in [4.69, 9.17) is 4.43 Å².